The molecule has 94 valence electrons. The largest absolute Gasteiger partial charge is 0.457 e. The Bertz CT molecular complexity index is 497. The molecule has 0 bridgehead atoms. The van der Waals surface area contributed by atoms with E-state index in [1.807, 2.05) is 30.3 Å². The molecule has 4 heteroatoms. The Balaban J connectivity index is 0.000000771. The maximum Gasteiger partial charge on any atom is 0.252 e. The van der Waals surface area contributed by atoms with Gasteiger partial charge in [0, 0.05) is 7.11 Å². The summed E-state index contributed by atoms with van der Waals surface area (Å²) in [6, 6.07) is 16.2. The summed E-state index contributed by atoms with van der Waals surface area (Å²) >= 11 is 0. The summed E-state index contributed by atoms with van der Waals surface area (Å²) < 4.78 is 5.57. The van der Waals surface area contributed by atoms with Crippen LogP contribution in [-0.2, 0) is 0 Å². The van der Waals surface area contributed by atoms with Crippen molar-refractivity contribution in [2.24, 2.45) is 5.73 Å². The van der Waals surface area contributed by atoms with Crippen LogP contribution in [0.3, 0.4) is 0 Å². The van der Waals surface area contributed by atoms with Crippen molar-refractivity contribution in [2.75, 3.05) is 7.11 Å². The Morgan fingerprint density at radius 3 is 2.17 bits per heavy atom. The Morgan fingerprint density at radius 2 is 1.56 bits per heavy atom. The summed E-state index contributed by atoms with van der Waals surface area (Å²) in [7, 11) is 1.00. The average Bonchev–Trinajstić information content (AvgIpc) is 2.42. The number of hydrogen-bond acceptors (Lipinski definition) is 3. The Kier molecular flexibility index (Phi) is 5.41. The first kappa shape index (κ1) is 13.7. The van der Waals surface area contributed by atoms with Crippen molar-refractivity contribution in [3.05, 3.63) is 60.2 Å². The second-order valence-corrected chi connectivity index (χ2v) is 3.28. The van der Waals surface area contributed by atoms with Gasteiger partial charge in [-0.15, -0.1) is 0 Å². The molecule has 0 aliphatic carbocycles. The standard InChI is InChI=1S/C13H11NO2.CH4O/c14-13(15)11-8-4-5-9-12(11)16-10-6-2-1-3-7-10;1-2/h1-9H,(H2,14,15);2H,1H3. The number of amides is 1. The van der Waals surface area contributed by atoms with Gasteiger partial charge < -0.3 is 15.6 Å². The molecule has 2 aromatic carbocycles. The minimum Gasteiger partial charge on any atom is -0.457 e. The lowest BCUT2D eigenvalue weighted by atomic mass is 10.2. The van der Waals surface area contributed by atoms with Crippen molar-refractivity contribution in [3.8, 4) is 11.5 Å². The molecule has 4 nitrogen and oxygen atoms in total. The van der Waals surface area contributed by atoms with Gasteiger partial charge in [0.15, 0.2) is 0 Å². The molecule has 0 spiro atoms. The summed E-state index contributed by atoms with van der Waals surface area (Å²) in [5, 5.41) is 7.00. The van der Waals surface area contributed by atoms with Crippen LogP contribution in [-0.4, -0.2) is 18.1 Å². The molecule has 3 N–H and O–H groups in total. The first-order valence-corrected chi connectivity index (χ1v) is 5.34. The number of carbonyl (C=O) groups excluding carboxylic acids is 1. The van der Waals surface area contributed by atoms with Crippen molar-refractivity contribution in [2.45, 2.75) is 0 Å². The predicted molar refractivity (Wildman–Crippen MR) is 69.6 cm³/mol. The highest BCUT2D eigenvalue weighted by Crippen LogP contribution is 2.24. The minimum atomic E-state index is -0.494. The van der Waals surface area contributed by atoms with E-state index >= 15 is 0 Å². The second kappa shape index (κ2) is 7.09. The molecule has 0 heterocycles. The van der Waals surface area contributed by atoms with Crippen molar-refractivity contribution in [3.63, 3.8) is 0 Å². The third-order valence-electron chi connectivity index (χ3n) is 2.12. The molecule has 1 amide bonds. The molecule has 2 rings (SSSR count). The molecule has 2 aromatic rings. The van der Waals surface area contributed by atoms with Crippen molar-refractivity contribution in [1.29, 1.82) is 0 Å². The van der Waals surface area contributed by atoms with E-state index in [1.54, 1.807) is 24.3 Å². The van der Waals surface area contributed by atoms with Crippen LogP contribution in [0.25, 0.3) is 0 Å². The number of para-hydroxylation sites is 2. The average molecular weight is 245 g/mol. The molecule has 0 saturated carbocycles. The van der Waals surface area contributed by atoms with Crippen LogP contribution < -0.4 is 10.5 Å². The lowest BCUT2D eigenvalue weighted by Crippen LogP contribution is -2.11. The fraction of sp³-hybridized carbons (Fsp3) is 0.0714. The number of rotatable bonds is 3. The smallest absolute Gasteiger partial charge is 0.252 e. The van der Waals surface area contributed by atoms with Gasteiger partial charge in [0.2, 0.25) is 0 Å². The fourth-order valence-electron chi connectivity index (χ4n) is 1.37. The molecular formula is C14H15NO3. The number of ether oxygens (including phenoxy) is 1. The van der Waals surface area contributed by atoms with Gasteiger partial charge in [-0.2, -0.15) is 0 Å². The van der Waals surface area contributed by atoms with E-state index in [4.69, 9.17) is 15.6 Å². The van der Waals surface area contributed by atoms with Crippen LogP contribution in [0, 0.1) is 0 Å². The maximum absolute atomic E-state index is 11.2. The van der Waals surface area contributed by atoms with Crippen LogP contribution >= 0.6 is 0 Å². The van der Waals surface area contributed by atoms with Crippen LogP contribution in [0.4, 0.5) is 0 Å². The lowest BCUT2D eigenvalue weighted by molar-refractivity contribution is 0.0998. The monoisotopic (exact) mass is 245 g/mol. The normalized spacial score (nSPS) is 9.00. The number of aliphatic hydroxyl groups excluding tert-OH is 1. The molecule has 0 fully saturated rings. The summed E-state index contributed by atoms with van der Waals surface area (Å²) in [6.45, 7) is 0. The molecular weight excluding hydrogens is 230 g/mol. The van der Waals surface area contributed by atoms with E-state index in [0.29, 0.717) is 17.1 Å². The highest BCUT2D eigenvalue weighted by molar-refractivity contribution is 5.95. The summed E-state index contributed by atoms with van der Waals surface area (Å²) in [6.07, 6.45) is 0. The summed E-state index contributed by atoms with van der Waals surface area (Å²) in [4.78, 5) is 11.2. The molecule has 0 unspecified atom stereocenters. The van der Waals surface area contributed by atoms with Gasteiger partial charge in [0.1, 0.15) is 11.5 Å². The number of nitrogens with two attached hydrogens (primary N) is 1. The molecule has 0 atom stereocenters. The molecule has 0 aliphatic rings. The number of primary amides is 1. The van der Waals surface area contributed by atoms with E-state index in [2.05, 4.69) is 0 Å². The van der Waals surface area contributed by atoms with Crippen LogP contribution in [0.5, 0.6) is 11.5 Å². The van der Waals surface area contributed by atoms with Gasteiger partial charge in [0.05, 0.1) is 5.56 Å². The molecule has 0 aliphatic heterocycles. The van der Waals surface area contributed by atoms with Gasteiger partial charge in [-0.05, 0) is 24.3 Å². The predicted octanol–water partition coefficient (Wildman–Crippen LogP) is 2.19. The van der Waals surface area contributed by atoms with Crippen molar-refractivity contribution >= 4 is 5.91 Å². The SMILES string of the molecule is CO.NC(=O)c1ccccc1Oc1ccccc1. The van der Waals surface area contributed by atoms with E-state index in [-0.39, 0.29) is 0 Å². The van der Waals surface area contributed by atoms with Gasteiger partial charge in [0.25, 0.3) is 5.91 Å². The zero-order valence-corrected chi connectivity index (χ0v) is 10.0. The van der Waals surface area contributed by atoms with E-state index in [1.165, 1.54) is 0 Å². The van der Waals surface area contributed by atoms with Crippen LogP contribution in [0.1, 0.15) is 10.4 Å². The van der Waals surface area contributed by atoms with Crippen molar-refractivity contribution in [1.82, 2.24) is 0 Å². The number of benzene rings is 2. The Hall–Kier alpha value is -2.33. The topological polar surface area (TPSA) is 72.5 Å². The first-order chi connectivity index (χ1) is 8.77. The van der Waals surface area contributed by atoms with E-state index < -0.39 is 5.91 Å². The third-order valence-corrected chi connectivity index (χ3v) is 2.12. The Labute approximate surface area is 106 Å². The second-order valence-electron chi connectivity index (χ2n) is 3.28. The minimum absolute atomic E-state index is 0.381. The quantitative estimate of drug-likeness (QED) is 0.870. The number of aliphatic hydroxyl groups is 1. The fourth-order valence-corrected chi connectivity index (χ4v) is 1.37. The first-order valence-electron chi connectivity index (χ1n) is 5.34. The number of carbonyl (C=O) groups is 1. The van der Waals surface area contributed by atoms with Crippen LogP contribution in [0.2, 0.25) is 0 Å². The van der Waals surface area contributed by atoms with E-state index in [9.17, 15) is 4.79 Å². The third kappa shape index (κ3) is 3.61. The number of hydrogen-bond donors (Lipinski definition) is 2. The van der Waals surface area contributed by atoms with Gasteiger partial charge >= 0.3 is 0 Å². The zero-order valence-electron chi connectivity index (χ0n) is 10.0. The maximum atomic E-state index is 11.2. The highest BCUT2D eigenvalue weighted by Gasteiger charge is 2.08. The molecule has 18 heavy (non-hydrogen) atoms. The molecule has 0 saturated heterocycles. The Morgan fingerprint density at radius 1 is 1.00 bits per heavy atom. The highest BCUT2D eigenvalue weighted by atomic mass is 16.5. The lowest BCUT2D eigenvalue weighted by Gasteiger charge is -2.08. The summed E-state index contributed by atoms with van der Waals surface area (Å²) in [5.74, 6) is 0.656. The van der Waals surface area contributed by atoms with Gasteiger partial charge in [-0.1, -0.05) is 30.3 Å². The molecule has 0 radical (unpaired) electrons. The van der Waals surface area contributed by atoms with Crippen LogP contribution in [0.15, 0.2) is 54.6 Å². The summed E-state index contributed by atoms with van der Waals surface area (Å²) in [5.41, 5.74) is 5.63. The van der Waals surface area contributed by atoms with Gasteiger partial charge in [-0.25, -0.2) is 0 Å². The van der Waals surface area contributed by atoms with Crippen molar-refractivity contribution < 1.29 is 14.6 Å². The zero-order chi connectivity index (χ0) is 13.4. The van der Waals surface area contributed by atoms with E-state index in [0.717, 1.165) is 7.11 Å². The molecule has 0 aromatic heterocycles. The van der Waals surface area contributed by atoms with Gasteiger partial charge in [-0.3, -0.25) is 4.79 Å².